The minimum absolute atomic E-state index is 0.0537. The molecule has 2 N–H and O–H groups in total. The van der Waals surface area contributed by atoms with Crippen LogP contribution in [0.2, 0.25) is 5.02 Å². The van der Waals surface area contributed by atoms with E-state index in [2.05, 4.69) is 15.5 Å². The van der Waals surface area contributed by atoms with E-state index in [9.17, 15) is 4.79 Å². The van der Waals surface area contributed by atoms with Gasteiger partial charge in [0.1, 0.15) is 5.75 Å². The van der Waals surface area contributed by atoms with Gasteiger partial charge in [0.2, 0.25) is 0 Å². The number of urea groups is 1. The monoisotopic (exact) mass is 388 g/mol. The van der Waals surface area contributed by atoms with Crippen LogP contribution < -0.4 is 10.1 Å². The van der Waals surface area contributed by atoms with Gasteiger partial charge >= 0.3 is 6.03 Å². The lowest BCUT2D eigenvalue weighted by Crippen LogP contribution is -2.41. The summed E-state index contributed by atoms with van der Waals surface area (Å²) in [5.74, 6) is 0.691. The molecule has 2 heterocycles. The summed E-state index contributed by atoms with van der Waals surface area (Å²) in [6.07, 6.45) is 11.6. The minimum Gasteiger partial charge on any atom is -0.489 e. The van der Waals surface area contributed by atoms with E-state index in [1.165, 1.54) is 12.8 Å². The number of aromatic nitrogens is 2. The first-order valence-electron chi connectivity index (χ1n) is 9.73. The smallest absolute Gasteiger partial charge is 0.322 e. The Balaban J connectivity index is 1.43. The highest BCUT2D eigenvalue weighted by molar-refractivity contribution is 6.32. The maximum Gasteiger partial charge on any atom is 0.322 e. The number of halogens is 1. The Hall–Kier alpha value is -2.21. The summed E-state index contributed by atoms with van der Waals surface area (Å²) in [6, 6.07) is 5.41. The van der Waals surface area contributed by atoms with Crippen molar-refractivity contribution in [3.05, 3.63) is 41.2 Å². The fourth-order valence-electron chi connectivity index (χ4n) is 4.02. The molecule has 7 heteroatoms. The van der Waals surface area contributed by atoms with E-state index in [-0.39, 0.29) is 18.2 Å². The number of hydrogen-bond donors (Lipinski definition) is 2. The zero-order valence-corrected chi connectivity index (χ0v) is 16.0. The second-order valence-electron chi connectivity index (χ2n) is 7.34. The maximum absolute atomic E-state index is 12.9. The highest BCUT2D eigenvalue weighted by Gasteiger charge is 2.28. The Morgan fingerprint density at radius 1 is 1.22 bits per heavy atom. The third-order valence-corrected chi connectivity index (χ3v) is 5.74. The van der Waals surface area contributed by atoms with Crippen LogP contribution in [0.25, 0.3) is 0 Å². The fraction of sp³-hybridized carbons (Fsp3) is 0.500. The van der Waals surface area contributed by atoms with Crippen LogP contribution in [0.4, 0.5) is 10.5 Å². The van der Waals surface area contributed by atoms with Gasteiger partial charge in [0.05, 0.1) is 23.4 Å². The van der Waals surface area contributed by atoms with Crippen molar-refractivity contribution >= 4 is 23.3 Å². The molecule has 0 unspecified atom stereocenters. The van der Waals surface area contributed by atoms with Crippen molar-refractivity contribution in [3.8, 4) is 5.75 Å². The number of nitrogens with one attached hydrogen (secondary N) is 2. The van der Waals surface area contributed by atoms with Crippen molar-refractivity contribution in [1.82, 2.24) is 15.1 Å². The number of ether oxygens (including phenoxy) is 1. The van der Waals surface area contributed by atoms with Gasteiger partial charge in [-0.1, -0.05) is 11.6 Å². The molecule has 1 atom stereocenters. The lowest BCUT2D eigenvalue weighted by molar-refractivity contribution is 0.163. The minimum atomic E-state index is -0.110. The molecule has 0 bridgehead atoms. The number of nitrogens with zero attached hydrogens (tertiary/aromatic N) is 2. The molecule has 0 radical (unpaired) electrons. The Morgan fingerprint density at radius 3 is 2.78 bits per heavy atom. The predicted octanol–water partition coefficient (Wildman–Crippen LogP) is 5.14. The molecule has 1 saturated carbocycles. The Kier molecular flexibility index (Phi) is 5.53. The molecule has 1 aliphatic heterocycles. The van der Waals surface area contributed by atoms with Crippen molar-refractivity contribution in [3.63, 3.8) is 0 Å². The number of anilines is 1. The molecular formula is C20H25ClN4O2. The average Bonchev–Trinajstić information content (AvgIpc) is 3.38. The van der Waals surface area contributed by atoms with Crippen LogP contribution in [0.1, 0.15) is 56.6 Å². The van der Waals surface area contributed by atoms with Crippen molar-refractivity contribution in [2.75, 3.05) is 11.9 Å². The topological polar surface area (TPSA) is 70.2 Å². The van der Waals surface area contributed by atoms with Crippen LogP contribution in [-0.4, -0.2) is 33.8 Å². The molecule has 4 rings (SSSR count). The SMILES string of the molecule is O=C(Nc1ccc(OC2CCCC2)c(Cl)c1)N1CCCC[C@@H]1c1cn[nH]c1. The van der Waals surface area contributed by atoms with E-state index in [0.717, 1.165) is 44.2 Å². The number of amides is 2. The zero-order chi connectivity index (χ0) is 18.6. The van der Waals surface area contributed by atoms with Gasteiger partial charge in [0.15, 0.2) is 0 Å². The summed E-state index contributed by atoms with van der Waals surface area (Å²) < 4.78 is 5.98. The van der Waals surface area contributed by atoms with Gasteiger partial charge in [-0.05, 0) is 63.1 Å². The molecule has 1 aliphatic carbocycles. The number of carbonyl (C=O) groups is 1. The number of piperidine rings is 1. The normalized spacial score (nSPS) is 20.6. The molecule has 2 aromatic rings. The van der Waals surface area contributed by atoms with Gasteiger partial charge in [-0.15, -0.1) is 0 Å². The van der Waals surface area contributed by atoms with Crippen LogP contribution in [0.3, 0.4) is 0 Å². The summed E-state index contributed by atoms with van der Waals surface area (Å²) in [4.78, 5) is 14.7. The molecule has 1 saturated heterocycles. The van der Waals surface area contributed by atoms with E-state index in [1.807, 2.05) is 23.2 Å². The summed E-state index contributed by atoms with van der Waals surface area (Å²) in [6.45, 7) is 0.734. The molecular weight excluding hydrogens is 364 g/mol. The average molecular weight is 389 g/mol. The highest BCUT2D eigenvalue weighted by atomic mass is 35.5. The largest absolute Gasteiger partial charge is 0.489 e. The van der Waals surface area contributed by atoms with E-state index >= 15 is 0 Å². The summed E-state index contributed by atoms with van der Waals surface area (Å²) in [5, 5.41) is 10.4. The fourth-order valence-corrected chi connectivity index (χ4v) is 4.24. The number of carbonyl (C=O) groups excluding carboxylic acids is 1. The lowest BCUT2D eigenvalue weighted by atomic mass is 9.98. The molecule has 2 amide bonds. The van der Waals surface area contributed by atoms with Gasteiger partial charge in [-0.2, -0.15) is 5.10 Å². The highest BCUT2D eigenvalue weighted by Crippen LogP contribution is 2.33. The molecule has 0 spiro atoms. The number of rotatable bonds is 4. The maximum atomic E-state index is 12.9. The van der Waals surface area contributed by atoms with Gasteiger partial charge in [-0.3, -0.25) is 5.10 Å². The Labute approximate surface area is 164 Å². The van der Waals surface area contributed by atoms with E-state index < -0.39 is 0 Å². The number of hydrogen-bond acceptors (Lipinski definition) is 3. The van der Waals surface area contributed by atoms with Gasteiger partial charge in [-0.25, -0.2) is 4.79 Å². The van der Waals surface area contributed by atoms with E-state index in [1.54, 1.807) is 12.3 Å². The summed E-state index contributed by atoms with van der Waals surface area (Å²) in [7, 11) is 0. The summed E-state index contributed by atoms with van der Waals surface area (Å²) >= 11 is 6.38. The second-order valence-corrected chi connectivity index (χ2v) is 7.74. The number of likely N-dealkylation sites (tertiary alicyclic amines) is 1. The van der Waals surface area contributed by atoms with Crippen LogP contribution >= 0.6 is 11.6 Å². The Bertz CT molecular complexity index is 774. The third kappa shape index (κ3) is 4.21. The number of benzene rings is 1. The number of H-pyrrole nitrogens is 1. The summed E-state index contributed by atoms with van der Waals surface area (Å²) in [5.41, 5.74) is 1.73. The first-order chi connectivity index (χ1) is 13.2. The van der Waals surface area contributed by atoms with Gasteiger partial charge < -0.3 is 15.0 Å². The molecule has 144 valence electrons. The van der Waals surface area contributed by atoms with Crippen molar-refractivity contribution in [1.29, 1.82) is 0 Å². The van der Waals surface area contributed by atoms with Crippen LogP contribution in [0.5, 0.6) is 5.75 Å². The predicted molar refractivity (Wildman–Crippen MR) is 105 cm³/mol. The van der Waals surface area contributed by atoms with Crippen LogP contribution in [0, 0.1) is 0 Å². The van der Waals surface area contributed by atoms with Crippen LogP contribution in [-0.2, 0) is 0 Å². The van der Waals surface area contributed by atoms with Gasteiger partial charge in [0.25, 0.3) is 0 Å². The zero-order valence-electron chi connectivity index (χ0n) is 15.3. The quantitative estimate of drug-likeness (QED) is 0.761. The molecule has 27 heavy (non-hydrogen) atoms. The molecule has 2 fully saturated rings. The second kappa shape index (κ2) is 8.21. The molecule has 2 aliphatic rings. The Morgan fingerprint density at radius 2 is 2.04 bits per heavy atom. The first-order valence-corrected chi connectivity index (χ1v) is 10.1. The van der Waals surface area contributed by atoms with Crippen molar-refractivity contribution < 1.29 is 9.53 Å². The van der Waals surface area contributed by atoms with Crippen LogP contribution in [0.15, 0.2) is 30.6 Å². The molecule has 1 aromatic heterocycles. The van der Waals surface area contributed by atoms with Crippen molar-refractivity contribution in [2.45, 2.75) is 57.1 Å². The van der Waals surface area contributed by atoms with E-state index in [0.29, 0.717) is 16.5 Å². The van der Waals surface area contributed by atoms with Gasteiger partial charge in [0, 0.05) is 24.0 Å². The lowest BCUT2D eigenvalue weighted by Gasteiger charge is -2.35. The number of aromatic amines is 1. The standard InChI is InChI=1S/C20H25ClN4O2/c21-17-11-15(8-9-19(17)27-16-5-1-2-6-16)24-20(26)25-10-4-3-7-18(25)14-12-22-23-13-14/h8-9,11-13,16,18H,1-7,10H2,(H,22,23)(H,24,26)/t18-/m1/s1. The van der Waals surface area contributed by atoms with E-state index in [4.69, 9.17) is 16.3 Å². The van der Waals surface area contributed by atoms with Crippen molar-refractivity contribution in [2.24, 2.45) is 0 Å². The molecule has 6 nitrogen and oxygen atoms in total. The first kappa shape index (κ1) is 18.2. The molecule has 1 aromatic carbocycles. The third-order valence-electron chi connectivity index (χ3n) is 5.45.